The molecule has 2 amide bonds. The van der Waals surface area contributed by atoms with Gasteiger partial charge in [0.15, 0.2) is 5.11 Å². The van der Waals surface area contributed by atoms with Crippen molar-refractivity contribution in [1.29, 1.82) is 0 Å². The van der Waals surface area contributed by atoms with Crippen LogP contribution < -0.4 is 21.7 Å². The Morgan fingerprint density at radius 2 is 1.93 bits per heavy atom. The minimum atomic E-state index is -1.82. The number of primary amides is 1. The van der Waals surface area contributed by atoms with E-state index in [2.05, 4.69) is 16.0 Å². The summed E-state index contributed by atoms with van der Waals surface area (Å²) in [6.45, 7) is 1.87. The number of carbonyl (C=O) groups excluding carboxylic acids is 2. The molecule has 1 heterocycles. The molecule has 0 fully saturated rings. The zero-order chi connectivity index (χ0) is 20.2. The van der Waals surface area contributed by atoms with E-state index >= 15 is 0 Å². The average Bonchev–Trinajstić information content (AvgIpc) is 2.91. The number of alkyl halides is 3. The third-order valence-corrected chi connectivity index (χ3v) is 6.11. The summed E-state index contributed by atoms with van der Waals surface area (Å²) in [4.78, 5) is 24.9. The summed E-state index contributed by atoms with van der Waals surface area (Å²) in [5, 5.41) is 9.04. The van der Waals surface area contributed by atoms with E-state index in [4.69, 9.17) is 52.8 Å². The molecule has 6 nitrogen and oxygen atoms in total. The van der Waals surface area contributed by atoms with Crippen LogP contribution in [0.1, 0.15) is 53.4 Å². The summed E-state index contributed by atoms with van der Waals surface area (Å²) in [6.07, 6.45) is 3.74. The van der Waals surface area contributed by atoms with Gasteiger partial charge in [0, 0.05) is 11.3 Å². The van der Waals surface area contributed by atoms with Crippen LogP contribution in [0.2, 0.25) is 0 Å². The molecule has 11 heteroatoms. The number of aryl methyl sites for hydroxylation is 1. The van der Waals surface area contributed by atoms with Crippen LogP contribution in [0.5, 0.6) is 0 Å². The first-order valence-corrected chi connectivity index (χ1v) is 10.9. The third-order valence-electron chi connectivity index (χ3n) is 4.03. The first kappa shape index (κ1) is 22.5. The summed E-state index contributed by atoms with van der Waals surface area (Å²) in [5.41, 5.74) is 7.01. The number of fused-ring (bicyclic) bond motifs is 1. The Morgan fingerprint density at radius 3 is 2.52 bits per heavy atom. The molecular formula is C16H21Cl3N4O2S2. The Bertz CT molecular complexity index is 734. The zero-order valence-corrected chi connectivity index (χ0v) is 18.6. The molecule has 1 aliphatic rings. The molecule has 0 saturated carbocycles. The summed E-state index contributed by atoms with van der Waals surface area (Å²) >= 11 is 24.6. The van der Waals surface area contributed by atoms with Gasteiger partial charge in [-0.25, -0.2) is 0 Å². The molecule has 150 valence electrons. The molecule has 1 aromatic heterocycles. The highest BCUT2D eigenvalue weighted by molar-refractivity contribution is 7.80. The van der Waals surface area contributed by atoms with Crippen molar-refractivity contribution in [3.8, 4) is 0 Å². The lowest BCUT2D eigenvalue weighted by atomic mass is 9.95. The maximum absolute atomic E-state index is 11.9. The number of amides is 2. The van der Waals surface area contributed by atoms with Gasteiger partial charge in [0.25, 0.3) is 5.91 Å². The molecule has 0 spiro atoms. The molecule has 1 aliphatic carbocycles. The molecular weight excluding hydrogens is 451 g/mol. The molecule has 5 N–H and O–H groups in total. The Hall–Kier alpha value is -0.800. The fraction of sp³-hybridized carbons (Fsp3) is 0.562. The lowest BCUT2D eigenvalue weighted by Crippen LogP contribution is -2.56. The van der Waals surface area contributed by atoms with Crippen LogP contribution in [0.15, 0.2) is 0 Å². The minimum Gasteiger partial charge on any atom is -0.365 e. The van der Waals surface area contributed by atoms with E-state index in [0.717, 1.165) is 36.1 Å². The van der Waals surface area contributed by atoms with Crippen molar-refractivity contribution in [3.63, 3.8) is 0 Å². The predicted octanol–water partition coefficient (Wildman–Crippen LogP) is 3.62. The molecule has 2 rings (SSSR count). The van der Waals surface area contributed by atoms with Gasteiger partial charge in [-0.2, -0.15) is 0 Å². The SMILES string of the molecule is CCCC(=O)N[C@H](NC(=S)Nc1sc2c(c1C(N)=O)CCCC2)C(Cl)(Cl)Cl. The lowest BCUT2D eigenvalue weighted by Gasteiger charge is -2.27. The van der Waals surface area contributed by atoms with Crippen molar-refractivity contribution < 1.29 is 9.59 Å². The molecule has 1 atom stereocenters. The van der Waals surface area contributed by atoms with E-state index in [1.165, 1.54) is 11.3 Å². The minimum absolute atomic E-state index is 0.115. The van der Waals surface area contributed by atoms with Crippen LogP contribution in [0, 0.1) is 0 Å². The van der Waals surface area contributed by atoms with Crippen molar-refractivity contribution in [2.45, 2.75) is 55.4 Å². The number of halogens is 3. The second-order valence-electron chi connectivity index (χ2n) is 6.17. The molecule has 0 unspecified atom stereocenters. The predicted molar refractivity (Wildman–Crippen MR) is 116 cm³/mol. The second-order valence-corrected chi connectivity index (χ2v) is 10.1. The number of nitrogens with one attached hydrogen (secondary N) is 3. The van der Waals surface area contributed by atoms with Crippen LogP contribution in [0.25, 0.3) is 0 Å². The molecule has 1 aromatic rings. The standard InChI is InChI=1S/C16H21Cl3N4O2S2/c1-2-5-10(24)21-14(16(17,18)19)23-15(26)22-13-11(12(20)25)8-6-3-4-7-9(8)27-13/h14H,2-7H2,1H3,(H2,20,25)(H,21,24)(H2,22,23,26)/t14-/m1/s1. The maximum atomic E-state index is 11.9. The normalized spacial score (nSPS) is 14.8. The summed E-state index contributed by atoms with van der Waals surface area (Å²) < 4.78 is -1.82. The zero-order valence-electron chi connectivity index (χ0n) is 14.7. The van der Waals surface area contributed by atoms with Gasteiger partial charge in [-0.3, -0.25) is 9.59 Å². The largest absolute Gasteiger partial charge is 0.365 e. The Kier molecular flexibility index (Phi) is 8.00. The highest BCUT2D eigenvalue weighted by Gasteiger charge is 2.35. The van der Waals surface area contributed by atoms with Crippen LogP contribution >= 0.6 is 58.4 Å². The van der Waals surface area contributed by atoms with Gasteiger partial charge in [0.1, 0.15) is 11.2 Å². The highest BCUT2D eigenvalue weighted by Crippen LogP contribution is 2.38. The van der Waals surface area contributed by atoms with Crippen LogP contribution in [0.4, 0.5) is 5.00 Å². The number of hydrogen-bond donors (Lipinski definition) is 4. The van der Waals surface area contributed by atoms with Crippen molar-refractivity contribution in [2.24, 2.45) is 5.73 Å². The van der Waals surface area contributed by atoms with Gasteiger partial charge in [-0.1, -0.05) is 41.7 Å². The summed E-state index contributed by atoms with van der Waals surface area (Å²) in [5.74, 6) is -0.776. The van der Waals surface area contributed by atoms with Gasteiger partial charge in [-0.15, -0.1) is 11.3 Å². The molecule has 0 aliphatic heterocycles. The summed E-state index contributed by atoms with van der Waals surface area (Å²) in [7, 11) is 0. The number of carbonyl (C=O) groups is 2. The summed E-state index contributed by atoms with van der Waals surface area (Å²) in [6, 6.07) is 0. The Labute approximate surface area is 182 Å². The van der Waals surface area contributed by atoms with Crippen molar-refractivity contribution in [2.75, 3.05) is 5.32 Å². The number of hydrogen-bond acceptors (Lipinski definition) is 4. The molecule has 0 saturated heterocycles. The molecule has 0 aromatic carbocycles. The van der Waals surface area contributed by atoms with E-state index in [1.807, 2.05) is 6.92 Å². The van der Waals surface area contributed by atoms with E-state index in [1.54, 1.807) is 0 Å². The van der Waals surface area contributed by atoms with Gasteiger partial charge in [-0.05, 0) is 49.9 Å². The second kappa shape index (κ2) is 9.60. The topological polar surface area (TPSA) is 96.2 Å². The van der Waals surface area contributed by atoms with Gasteiger partial charge in [0.05, 0.1) is 5.56 Å². The first-order valence-electron chi connectivity index (χ1n) is 8.51. The van der Waals surface area contributed by atoms with Crippen molar-refractivity contribution in [3.05, 3.63) is 16.0 Å². The highest BCUT2D eigenvalue weighted by atomic mass is 35.6. The van der Waals surface area contributed by atoms with Crippen molar-refractivity contribution >= 4 is 80.3 Å². The van der Waals surface area contributed by atoms with E-state index in [9.17, 15) is 9.59 Å². The molecule has 27 heavy (non-hydrogen) atoms. The van der Waals surface area contributed by atoms with Crippen molar-refractivity contribution in [1.82, 2.24) is 10.6 Å². The number of nitrogens with two attached hydrogens (primary N) is 1. The fourth-order valence-electron chi connectivity index (χ4n) is 2.84. The number of anilines is 1. The Balaban J connectivity index is 2.14. The smallest absolute Gasteiger partial charge is 0.251 e. The van der Waals surface area contributed by atoms with Gasteiger partial charge in [0.2, 0.25) is 9.70 Å². The van der Waals surface area contributed by atoms with Crippen LogP contribution in [-0.2, 0) is 17.6 Å². The van der Waals surface area contributed by atoms with Gasteiger partial charge < -0.3 is 21.7 Å². The average molecular weight is 472 g/mol. The van der Waals surface area contributed by atoms with E-state index < -0.39 is 15.9 Å². The number of thiophene rings is 1. The first-order chi connectivity index (χ1) is 12.6. The van der Waals surface area contributed by atoms with E-state index in [-0.39, 0.29) is 11.0 Å². The maximum Gasteiger partial charge on any atom is 0.251 e. The quantitative estimate of drug-likeness (QED) is 0.289. The van der Waals surface area contributed by atoms with Crippen LogP contribution in [0.3, 0.4) is 0 Å². The van der Waals surface area contributed by atoms with Crippen LogP contribution in [-0.4, -0.2) is 26.9 Å². The third kappa shape index (κ3) is 6.09. The number of thiocarbonyl (C=S) groups is 1. The Morgan fingerprint density at radius 1 is 1.26 bits per heavy atom. The van der Waals surface area contributed by atoms with Gasteiger partial charge >= 0.3 is 0 Å². The fourth-order valence-corrected chi connectivity index (χ4v) is 4.76. The molecule has 0 radical (unpaired) electrons. The molecule has 0 bridgehead atoms. The monoisotopic (exact) mass is 470 g/mol. The lowest BCUT2D eigenvalue weighted by molar-refractivity contribution is -0.121. The number of rotatable bonds is 6. The van der Waals surface area contributed by atoms with E-state index in [0.29, 0.717) is 23.4 Å².